The summed E-state index contributed by atoms with van der Waals surface area (Å²) in [7, 11) is 1.74. The van der Waals surface area contributed by atoms with Gasteiger partial charge in [0.25, 0.3) is 0 Å². The molecule has 0 radical (unpaired) electrons. The van der Waals surface area contributed by atoms with Gasteiger partial charge < -0.3 is 10.0 Å². The van der Waals surface area contributed by atoms with E-state index in [-0.39, 0.29) is 12.6 Å². The molecule has 1 saturated carbocycles. The van der Waals surface area contributed by atoms with Gasteiger partial charge in [-0.25, -0.2) is 0 Å². The second kappa shape index (κ2) is 4.09. The highest BCUT2D eigenvalue weighted by Crippen LogP contribution is 2.33. The van der Waals surface area contributed by atoms with E-state index in [1.54, 1.807) is 23.6 Å². The first kappa shape index (κ1) is 11.5. The number of rotatable bonds is 4. The molecule has 17 heavy (non-hydrogen) atoms. The normalized spacial score (nSPS) is 14.4. The summed E-state index contributed by atoms with van der Waals surface area (Å²) in [6, 6.07) is 2.33. The quantitative estimate of drug-likeness (QED) is 0.827. The molecule has 0 spiro atoms. The molecule has 6 heteroatoms. The van der Waals surface area contributed by atoms with Crippen LogP contribution in [-0.2, 0) is 11.8 Å². The number of carbonyl (C=O) groups is 1. The Kier molecular flexibility index (Phi) is 2.76. The molecule has 0 aromatic carbocycles. The van der Waals surface area contributed by atoms with Crippen LogP contribution < -0.4 is 4.90 Å². The van der Waals surface area contributed by atoms with Crippen LogP contribution in [0.4, 0.5) is 5.82 Å². The van der Waals surface area contributed by atoms with Gasteiger partial charge in [-0.3, -0.25) is 9.48 Å². The first-order valence-corrected chi connectivity index (χ1v) is 5.46. The van der Waals surface area contributed by atoms with E-state index in [1.807, 2.05) is 0 Å². The number of aryl methyl sites for hydroxylation is 2. The first-order chi connectivity index (χ1) is 8.04. The Labute approximate surface area is 99.1 Å². The minimum atomic E-state index is -0.889. The maximum Gasteiger partial charge on any atom is 0.323 e. The number of hydrogen-bond donors (Lipinski definition) is 1. The summed E-state index contributed by atoms with van der Waals surface area (Å²) >= 11 is 0. The summed E-state index contributed by atoms with van der Waals surface area (Å²) in [5, 5.41) is 22.2. The van der Waals surface area contributed by atoms with Gasteiger partial charge in [-0.05, 0) is 19.8 Å². The van der Waals surface area contributed by atoms with Crippen molar-refractivity contribution >= 4 is 11.8 Å². The number of aliphatic carboxylic acids is 1. The third-order valence-corrected chi connectivity index (χ3v) is 2.87. The number of carboxylic acid groups (broad SMARTS) is 1. The van der Waals surface area contributed by atoms with Crippen molar-refractivity contribution in [1.82, 2.24) is 9.78 Å². The monoisotopic (exact) mass is 234 g/mol. The molecule has 1 fully saturated rings. The first-order valence-electron chi connectivity index (χ1n) is 5.46. The largest absolute Gasteiger partial charge is 0.480 e. The average Bonchev–Trinajstić information content (AvgIpc) is 3.01. The topological polar surface area (TPSA) is 82.2 Å². The Morgan fingerprint density at radius 2 is 2.35 bits per heavy atom. The molecule has 1 aliphatic rings. The lowest BCUT2D eigenvalue weighted by molar-refractivity contribution is -0.135. The molecule has 0 aliphatic heterocycles. The Morgan fingerprint density at radius 1 is 1.71 bits per heavy atom. The zero-order chi connectivity index (χ0) is 12.6. The van der Waals surface area contributed by atoms with E-state index in [2.05, 4.69) is 11.2 Å². The van der Waals surface area contributed by atoms with E-state index < -0.39 is 5.97 Å². The lowest BCUT2D eigenvalue weighted by atomic mass is 10.2. The Balaban J connectivity index is 2.42. The molecule has 1 aromatic rings. The summed E-state index contributed by atoms with van der Waals surface area (Å²) in [4.78, 5) is 12.6. The van der Waals surface area contributed by atoms with Gasteiger partial charge in [-0.1, -0.05) is 0 Å². The number of nitriles is 1. The maximum absolute atomic E-state index is 10.9. The summed E-state index contributed by atoms with van der Waals surface area (Å²) in [6.45, 7) is 1.67. The molecule has 1 N–H and O–H groups in total. The van der Waals surface area contributed by atoms with Crippen molar-refractivity contribution in [3.05, 3.63) is 11.3 Å². The van der Waals surface area contributed by atoms with Gasteiger partial charge in [0.2, 0.25) is 0 Å². The molecule has 0 atom stereocenters. The Hall–Kier alpha value is -2.03. The zero-order valence-electron chi connectivity index (χ0n) is 9.84. The van der Waals surface area contributed by atoms with E-state index in [9.17, 15) is 4.79 Å². The van der Waals surface area contributed by atoms with Gasteiger partial charge in [-0.2, -0.15) is 10.4 Å². The maximum atomic E-state index is 10.9. The molecule has 6 nitrogen and oxygen atoms in total. The van der Waals surface area contributed by atoms with E-state index in [1.165, 1.54) is 0 Å². The minimum absolute atomic E-state index is 0.0850. The fourth-order valence-electron chi connectivity index (χ4n) is 2.02. The Bertz CT molecular complexity index is 496. The van der Waals surface area contributed by atoms with Crippen LogP contribution in [0, 0.1) is 18.3 Å². The van der Waals surface area contributed by atoms with Gasteiger partial charge >= 0.3 is 5.97 Å². The summed E-state index contributed by atoms with van der Waals surface area (Å²) in [5.74, 6) is -0.269. The van der Waals surface area contributed by atoms with Crippen LogP contribution in [0.3, 0.4) is 0 Å². The number of anilines is 1. The fourth-order valence-corrected chi connectivity index (χ4v) is 2.02. The van der Waals surface area contributed by atoms with E-state index in [0.29, 0.717) is 17.1 Å². The highest BCUT2D eigenvalue weighted by atomic mass is 16.4. The van der Waals surface area contributed by atoms with E-state index >= 15 is 0 Å². The number of carboxylic acids is 1. The lowest BCUT2D eigenvalue weighted by Crippen LogP contribution is -2.33. The molecule has 2 rings (SSSR count). The smallest absolute Gasteiger partial charge is 0.323 e. The van der Waals surface area contributed by atoms with Crippen LogP contribution in [-0.4, -0.2) is 33.4 Å². The van der Waals surface area contributed by atoms with Crippen molar-refractivity contribution in [3.63, 3.8) is 0 Å². The van der Waals surface area contributed by atoms with Gasteiger partial charge in [-0.15, -0.1) is 0 Å². The molecular formula is C11H14N4O2. The molecule has 0 unspecified atom stereocenters. The molecule has 1 heterocycles. The third-order valence-electron chi connectivity index (χ3n) is 2.87. The number of nitrogens with zero attached hydrogens (tertiary/aromatic N) is 4. The molecule has 0 amide bonds. The van der Waals surface area contributed by atoms with Crippen molar-refractivity contribution in [2.75, 3.05) is 11.4 Å². The van der Waals surface area contributed by atoms with Crippen molar-refractivity contribution in [3.8, 4) is 6.07 Å². The average molecular weight is 234 g/mol. The summed E-state index contributed by atoms with van der Waals surface area (Å²) < 4.78 is 1.59. The molecular weight excluding hydrogens is 220 g/mol. The van der Waals surface area contributed by atoms with Gasteiger partial charge in [0, 0.05) is 13.1 Å². The van der Waals surface area contributed by atoms with Gasteiger partial charge in [0.15, 0.2) is 0 Å². The van der Waals surface area contributed by atoms with Crippen molar-refractivity contribution in [2.24, 2.45) is 7.05 Å². The number of aromatic nitrogens is 2. The van der Waals surface area contributed by atoms with Gasteiger partial charge in [0.05, 0.1) is 5.69 Å². The van der Waals surface area contributed by atoms with Crippen LogP contribution in [0.25, 0.3) is 0 Å². The molecule has 90 valence electrons. The van der Waals surface area contributed by atoms with Crippen LogP contribution in [0.2, 0.25) is 0 Å². The second-order valence-electron chi connectivity index (χ2n) is 4.27. The predicted molar refractivity (Wildman–Crippen MR) is 60.7 cm³/mol. The standard InChI is InChI=1S/C11H14N4O2/c1-7-9(5-12)11(14(2)13-7)15(6-10(16)17)8-3-4-8/h8H,3-4,6H2,1-2H3,(H,16,17). The molecule has 1 aromatic heterocycles. The van der Waals surface area contributed by atoms with Crippen molar-refractivity contribution in [2.45, 2.75) is 25.8 Å². The minimum Gasteiger partial charge on any atom is -0.480 e. The van der Waals surface area contributed by atoms with Crippen LogP contribution in [0.5, 0.6) is 0 Å². The zero-order valence-corrected chi connectivity index (χ0v) is 9.84. The predicted octanol–water partition coefficient (Wildman–Crippen LogP) is 0.654. The van der Waals surface area contributed by atoms with Gasteiger partial charge in [0.1, 0.15) is 24.0 Å². The molecule has 1 aliphatic carbocycles. The SMILES string of the molecule is Cc1nn(C)c(N(CC(=O)O)C2CC2)c1C#N. The third kappa shape index (κ3) is 2.09. The molecule has 0 saturated heterocycles. The lowest BCUT2D eigenvalue weighted by Gasteiger charge is -2.22. The van der Waals surface area contributed by atoms with E-state index in [4.69, 9.17) is 10.4 Å². The second-order valence-corrected chi connectivity index (χ2v) is 4.27. The van der Waals surface area contributed by atoms with Crippen molar-refractivity contribution < 1.29 is 9.90 Å². The highest BCUT2D eigenvalue weighted by Gasteiger charge is 2.34. The fraction of sp³-hybridized carbons (Fsp3) is 0.545. The van der Waals surface area contributed by atoms with Crippen LogP contribution in [0.15, 0.2) is 0 Å². The highest BCUT2D eigenvalue weighted by molar-refractivity contribution is 5.75. The summed E-state index contributed by atoms with van der Waals surface area (Å²) in [5.41, 5.74) is 1.11. The number of hydrogen-bond acceptors (Lipinski definition) is 4. The molecule has 0 bridgehead atoms. The van der Waals surface area contributed by atoms with Crippen molar-refractivity contribution in [1.29, 1.82) is 5.26 Å². The van der Waals surface area contributed by atoms with Crippen LogP contribution in [0.1, 0.15) is 24.1 Å². The van der Waals surface area contributed by atoms with Crippen LogP contribution >= 0.6 is 0 Å². The Morgan fingerprint density at radius 3 is 2.82 bits per heavy atom. The van der Waals surface area contributed by atoms with E-state index in [0.717, 1.165) is 12.8 Å². The summed E-state index contributed by atoms with van der Waals surface area (Å²) in [6.07, 6.45) is 1.95.